The molecular weight excluding hydrogens is 206 g/mol. The third-order valence-electron chi connectivity index (χ3n) is 5.02. The maximum absolute atomic E-state index is 4.07. The van der Waals surface area contributed by atoms with Crippen molar-refractivity contribution in [3.05, 3.63) is 12.7 Å². The van der Waals surface area contributed by atoms with Crippen LogP contribution in [0.15, 0.2) is 12.7 Å². The van der Waals surface area contributed by atoms with E-state index in [2.05, 4.69) is 38.7 Å². The molecule has 2 fully saturated rings. The Kier molecular flexibility index (Phi) is 3.97. The van der Waals surface area contributed by atoms with E-state index in [4.69, 9.17) is 0 Å². The number of fused-ring (bicyclic) bond motifs is 2. The van der Waals surface area contributed by atoms with Gasteiger partial charge in [-0.1, -0.05) is 33.3 Å². The molecule has 0 radical (unpaired) electrons. The fourth-order valence-electron chi connectivity index (χ4n) is 3.89. The minimum absolute atomic E-state index is 0.291. The van der Waals surface area contributed by atoms with E-state index in [9.17, 15) is 0 Å². The van der Waals surface area contributed by atoms with Crippen LogP contribution in [0.2, 0.25) is 0 Å². The summed E-state index contributed by atoms with van der Waals surface area (Å²) < 4.78 is 0. The van der Waals surface area contributed by atoms with E-state index in [1.165, 1.54) is 32.1 Å². The van der Waals surface area contributed by atoms with Crippen molar-refractivity contribution in [2.24, 2.45) is 23.2 Å². The molecule has 0 aromatic rings. The molecule has 17 heavy (non-hydrogen) atoms. The molecule has 1 N–H and O–H groups in total. The molecule has 1 nitrogen and oxygen atoms in total. The van der Waals surface area contributed by atoms with Gasteiger partial charge in [0.15, 0.2) is 0 Å². The lowest BCUT2D eigenvalue weighted by molar-refractivity contribution is 0.223. The molecule has 0 heterocycles. The van der Waals surface area contributed by atoms with Gasteiger partial charge < -0.3 is 5.32 Å². The first-order valence-electron chi connectivity index (χ1n) is 7.39. The molecule has 2 aliphatic carbocycles. The van der Waals surface area contributed by atoms with Crippen LogP contribution in [-0.2, 0) is 0 Å². The van der Waals surface area contributed by atoms with Gasteiger partial charge in [-0.2, -0.15) is 0 Å². The highest BCUT2D eigenvalue weighted by Crippen LogP contribution is 2.51. The molecule has 0 aromatic heterocycles. The van der Waals surface area contributed by atoms with Crippen molar-refractivity contribution in [3.63, 3.8) is 0 Å². The van der Waals surface area contributed by atoms with Crippen LogP contribution in [0.4, 0.5) is 0 Å². The van der Waals surface area contributed by atoms with Gasteiger partial charge in [-0.3, -0.25) is 0 Å². The number of nitrogens with one attached hydrogen (secondary N) is 1. The van der Waals surface area contributed by atoms with E-state index >= 15 is 0 Å². The summed E-state index contributed by atoms with van der Waals surface area (Å²) >= 11 is 0. The van der Waals surface area contributed by atoms with Crippen molar-refractivity contribution in [1.82, 2.24) is 5.32 Å². The Morgan fingerprint density at radius 2 is 2.12 bits per heavy atom. The third kappa shape index (κ3) is 3.13. The van der Waals surface area contributed by atoms with Gasteiger partial charge in [-0.25, -0.2) is 0 Å². The Bertz CT molecular complexity index is 271. The number of rotatable bonds is 6. The first-order valence-corrected chi connectivity index (χ1v) is 7.39. The Labute approximate surface area is 107 Å². The van der Waals surface area contributed by atoms with E-state index in [1.807, 2.05) is 0 Å². The maximum Gasteiger partial charge on any atom is 0.00422 e. The molecule has 4 unspecified atom stereocenters. The highest BCUT2D eigenvalue weighted by Gasteiger charge is 2.41. The summed E-state index contributed by atoms with van der Waals surface area (Å²) in [6, 6.07) is 0.578. The predicted molar refractivity (Wildman–Crippen MR) is 75.0 cm³/mol. The molecule has 1 heteroatoms. The van der Waals surface area contributed by atoms with Crippen molar-refractivity contribution in [3.8, 4) is 0 Å². The van der Waals surface area contributed by atoms with Crippen LogP contribution in [0, 0.1) is 23.2 Å². The summed E-state index contributed by atoms with van der Waals surface area (Å²) in [4.78, 5) is 0. The van der Waals surface area contributed by atoms with Gasteiger partial charge in [0, 0.05) is 12.6 Å². The van der Waals surface area contributed by atoms with Gasteiger partial charge >= 0.3 is 0 Å². The zero-order chi connectivity index (χ0) is 12.5. The summed E-state index contributed by atoms with van der Waals surface area (Å²) in [5.74, 6) is 3.08. The standard InChI is InChI=1S/C16H29N/c1-5-16(4,11-17-12(2)3)10-15-9-13-6-7-14(15)8-13/h5,12-15,17H,1,6-11H2,2-4H3. The smallest absolute Gasteiger partial charge is 0.00422 e. The van der Waals surface area contributed by atoms with Gasteiger partial charge in [-0.05, 0) is 48.9 Å². The second-order valence-electron chi connectivity index (χ2n) is 7.03. The van der Waals surface area contributed by atoms with Crippen LogP contribution in [0.1, 0.15) is 52.9 Å². The van der Waals surface area contributed by atoms with Crippen molar-refractivity contribution in [1.29, 1.82) is 0 Å². The molecule has 98 valence electrons. The summed E-state index contributed by atoms with van der Waals surface area (Å²) in [6.07, 6.45) is 9.56. The Morgan fingerprint density at radius 3 is 2.59 bits per heavy atom. The topological polar surface area (TPSA) is 12.0 Å². The third-order valence-corrected chi connectivity index (χ3v) is 5.02. The van der Waals surface area contributed by atoms with Crippen LogP contribution in [0.3, 0.4) is 0 Å². The van der Waals surface area contributed by atoms with Gasteiger partial charge in [0.25, 0.3) is 0 Å². The van der Waals surface area contributed by atoms with E-state index in [0.29, 0.717) is 11.5 Å². The van der Waals surface area contributed by atoms with E-state index in [0.717, 1.165) is 24.3 Å². The Balaban J connectivity index is 1.88. The highest BCUT2D eigenvalue weighted by atomic mass is 14.9. The van der Waals surface area contributed by atoms with Crippen molar-refractivity contribution >= 4 is 0 Å². The summed E-state index contributed by atoms with van der Waals surface area (Å²) in [5, 5.41) is 3.58. The molecule has 2 aliphatic rings. The molecule has 4 atom stereocenters. The van der Waals surface area contributed by atoms with Crippen LogP contribution in [0.5, 0.6) is 0 Å². The van der Waals surface area contributed by atoms with Crippen molar-refractivity contribution in [2.45, 2.75) is 58.9 Å². The molecule has 2 rings (SSSR count). The summed E-state index contributed by atoms with van der Waals surface area (Å²) in [6.45, 7) is 12.0. The number of hydrogen-bond acceptors (Lipinski definition) is 1. The molecular formula is C16H29N. The largest absolute Gasteiger partial charge is 0.314 e. The van der Waals surface area contributed by atoms with E-state index in [-0.39, 0.29) is 0 Å². The second-order valence-corrected chi connectivity index (χ2v) is 7.03. The lowest BCUT2D eigenvalue weighted by Crippen LogP contribution is -2.36. The molecule has 2 bridgehead atoms. The van der Waals surface area contributed by atoms with E-state index in [1.54, 1.807) is 0 Å². The molecule has 0 aliphatic heterocycles. The lowest BCUT2D eigenvalue weighted by Gasteiger charge is -2.33. The lowest BCUT2D eigenvalue weighted by atomic mass is 9.75. The summed E-state index contributed by atoms with van der Waals surface area (Å²) in [5.41, 5.74) is 0.291. The molecule has 0 saturated heterocycles. The molecule has 0 aromatic carbocycles. The molecule has 2 saturated carbocycles. The van der Waals surface area contributed by atoms with Gasteiger partial charge in [0.05, 0.1) is 0 Å². The summed E-state index contributed by atoms with van der Waals surface area (Å²) in [7, 11) is 0. The quantitative estimate of drug-likeness (QED) is 0.686. The van der Waals surface area contributed by atoms with Crippen LogP contribution in [0.25, 0.3) is 0 Å². The average molecular weight is 235 g/mol. The zero-order valence-electron chi connectivity index (χ0n) is 11.8. The van der Waals surface area contributed by atoms with Gasteiger partial charge in [0.2, 0.25) is 0 Å². The normalized spacial score (nSPS) is 35.2. The first kappa shape index (κ1) is 13.1. The number of hydrogen-bond donors (Lipinski definition) is 1. The van der Waals surface area contributed by atoms with Crippen molar-refractivity contribution < 1.29 is 0 Å². The van der Waals surface area contributed by atoms with Crippen LogP contribution in [-0.4, -0.2) is 12.6 Å². The van der Waals surface area contributed by atoms with Crippen LogP contribution < -0.4 is 5.32 Å². The van der Waals surface area contributed by atoms with E-state index < -0.39 is 0 Å². The fourth-order valence-corrected chi connectivity index (χ4v) is 3.89. The molecule has 0 amide bonds. The first-order chi connectivity index (χ1) is 8.02. The second kappa shape index (κ2) is 5.14. The van der Waals surface area contributed by atoms with Gasteiger partial charge in [-0.15, -0.1) is 6.58 Å². The Morgan fingerprint density at radius 1 is 1.35 bits per heavy atom. The zero-order valence-corrected chi connectivity index (χ0v) is 11.8. The SMILES string of the molecule is C=CC(C)(CNC(C)C)CC1CC2CCC1C2. The minimum atomic E-state index is 0.291. The predicted octanol–water partition coefficient (Wildman–Crippen LogP) is 4.00. The fraction of sp³-hybridized carbons (Fsp3) is 0.875. The van der Waals surface area contributed by atoms with Crippen molar-refractivity contribution in [2.75, 3.05) is 6.54 Å². The maximum atomic E-state index is 4.07. The molecule has 0 spiro atoms. The average Bonchev–Trinajstić information content (AvgIpc) is 2.88. The Hall–Kier alpha value is -0.300. The minimum Gasteiger partial charge on any atom is -0.314 e. The highest BCUT2D eigenvalue weighted by molar-refractivity contribution is 4.99. The van der Waals surface area contributed by atoms with Gasteiger partial charge in [0.1, 0.15) is 0 Å². The monoisotopic (exact) mass is 235 g/mol. The van der Waals surface area contributed by atoms with Crippen LogP contribution >= 0.6 is 0 Å².